The predicted molar refractivity (Wildman–Crippen MR) is 76.6 cm³/mol. The summed E-state index contributed by atoms with van der Waals surface area (Å²) in [7, 11) is 2.10. The molecule has 1 aromatic rings. The molecule has 0 fully saturated rings. The van der Waals surface area contributed by atoms with Gasteiger partial charge >= 0.3 is 0 Å². The second kappa shape index (κ2) is 7.13. The molecule has 0 aromatic heterocycles. The molecule has 1 unspecified atom stereocenters. The van der Waals surface area contributed by atoms with Crippen molar-refractivity contribution < 1.29 is 0 Å². The normalized spacial score (nSPS) is 12.2. The molecule has 2 nitrogen and oxygen atoms in total. The number of anilines is 1. The van der Waals surface area contributed by atoms with E-state index in [2.05, 4.69) is 62.0 Å². The molecule has 0 radical (unpaired) electrons. The Kier molecular flexibility index (Phi) is 5.78. The van der Waals surface area contributed by atoms with Gasteiger partial charge in [0, 0.05) is 25.3 Å². The van der Waals surface area contributed by atoms with Gasteiger partial charge in [0.2, 0.25) is 0 Å². The number of likely N-dealkylation sites (N-methyl/N-ethyl adjacent to an activating group) is 1. The highest BCUT2D eigenvalue weighted by Crippen LogP contribution is 2.25. The predicted octanol–water partition coefficient (Wildman–Crippen LogP) is 3.37. The number of rotatable bonds is 7. The Hall–Kier alpha value is -1.28. The smallest absolute Gasteiger partial charge is 0.0414 e. The molecule has 0 aliphatic carbocycles. The quantitative estimate of drug-likeness (QED) is 0.725. The van der Waals surface area contributed by atoms with Gasteiger partial charge in [-0.25, -0.2) is 0 Å². The minimum absolute atomic E-state index is 0.387. The number of nitrogens with zero attached hydrogens (tertiary/aromatic N) is 1. The van der Waals surface area contributed by atoms with Gasteiger partial charge in [0.15, 0.2) is 0 Å². The van der Waals surface area contributed by atoms with Crippen molar-refractivity contribution in [3.05, 3.63) is 42.5 Å². The Bertz CT molecular complexity index is 347. The minimum atomic E-state index is 0.387. The topological polar surface area (TPSA) is 15.3 Å². The molecule has 94 valence electrons. The Balaban J connectivity index is 2.86. The molecule has 2 heteroatoms. The van der Waals surface area contributed by atoms with Gasteiger partial charge in [-0.05, 0) is 31.5 Å². The molecule has 0 amide bonds. The Labute approximate surface area is 105 Å². The van der Waals surface area contributed by atoms with Crippen LogP contribution in [0.3, 0.4) is 0 Å². The summed E-state index contributed by atoms with van der Waals surface area (Å²) in [6.45, 7) is 10.1. The average molecular weight is 232 g/mol. The minimum Gasteiger partial charge on any atom is -0.371 e. The summed E-state index contributed by atoms with van der Waals surface area (Å²) in [5.41, 5.74) is 2.63. The summed E-state index contributed by atoms with van der Waals surface area (Å²) in [6, 6.07) is 8.94. The van der Waals surface area contributed by atoms with Crippen LogP contribution in [0.25, 0.3) is 0 Å². The lowest BCUT2D eigenvalue weighted by Gasteiger charge is -2.24. The van der Waals surface area contributed by atoms with Gasteiger partial charge in [-0.2, -0.15) is 0 Å². The molecule has 0 aliphatic heterocycles. The van der Waals surface area contributed by atoms with Crippen molar-refractivity contribution in [1.82, 2.24) is 5.32 Å². The third-order valence-electron chi connectivity index (χ3n) is 2.92. The van der Waals surface area contributed by atoms with E-state index in [1.54, 1.807) is 0 Å². The van der Waals surface area contributed by atoms with Crippen molar-refractivity contribution in [1.29, 1.82) is 0 Å². The van der Waals surface area contributed by atoms with Crippen molar-refractivity contribution in [3.8, 4) is 0 Å². The lowest BCUT2D eigenvalue weighted by atomic mass is 10.1. The maximum Gasteiger partial charge on any atom is 0.0414 e. The van der Waals surface area contributed by atoms with E-state index in [1.165, 1.54) is 11.3 Å². The van der Waals surface area contributed by atoms with Gasteiger partial charge in [-0.15, -0.1) is 6.58 Å². The fraction of sp³-hybridized carbons (Fsp3) is 0.467. The van der Waals surface area contributed by atoms with Gasteiger partial charge in [-0.1, -0.05) is 31.2 Å². The second-order valence-corrected chi connectivity index (χ2v) is 4.40. The lowest BCUT2D eigenvalue weighted by Crippen LogP contribution is -2.24. The van der Waals surface area contributed by atoms with Crippen LogP contribution >= 0.6 is 0 Å². The fourth-order valence-electron chi connectivity index (χ4n) is 1.96. The van der Waals surface area contributed by atoms with Crippen molar-refractivity contribution in [2.24, 2.45) is 0 Å². The molecular weight excluding hydrogens is 208 g/mol. The highest BCUT2D eigenvalue weighted by atomic mass is 15.1. The summed E-state index contributed by atoms with van der Waals surface area (Å²) in [5, 5.41) is 3.53. The van der Waals surface area contributed by atoms with Crippen LogP contribution in [-0.2, 0) is 0 Å². The van der Waals surface area contributed by atoms with Crippen LogP contribution in [-0.4, -0.2) is 20.1 Å². The van der Waals surface area contributed by atoms with Crippen molar-refractivity contribution >= 4 is 5.69 Å². The van der Waals surface area contributed by atoms with Crippen molar-refractivity contribution in [3.63, 3.8) is 0 Å². The molecule has 0 spiro atoms. The summed E-state index contributed by atoms with van der Waals surface area (Å²) < 4.78 is 0. The molecule has 0 heterocycles. The van der Waals surface area contributed by atoms with Gasteiger partial charge in [0.1, 0.15) is 0 Å². The third-order valence-corrected chi connectivity index (χ3v) is 2.92. The molecule has 0 saturated heterocycles. The van der Waals surface area contributed by atoms with Crippen molar-refractivity contribution in [2.45, 2.75) is 26.3 Å². The number of hydrogen-bond donors (Lipinski definition) is 1. The van der Waals surface area contributed by atoms with E-state index in [-0.39, 0.29) is 0 Å². The molecule has 0 bridgehead atoms. The molecule has 0 saturated carbocycles. The number of para-hydroxylation sites is 1. The fourth-order valence-corrected chi connectivity index (χ4v) is 1.96. The second-order valence-electron chi connectivity index (χ2n) is 4.40. The van der Waals surface area contributed by atoms with Crippen LogP contribution in [0.15, 0.2) is 36.9 Å². The van der Waals surface area contributed by atoms with E-state index in [9.17, 15) is 0 Å². The number of benzene rings is 1. The van der Waals surface area contributed by atoms with E-state index in [0.29, 0.717) is 6.04 Å². The first-order valence-electron chi connectivity index (χ1n) is 6.35. The summed E-state index contributed by atoms with van der Waals surface area (Å²) in [6.07, 6.45) is 3.09. The van der Waals surface area contributed by atoms with Crippen LogP contribution in [0.5, 0.6) is 0 Å². The van der Waals surface area contributed by atoms with Crippen LogP contribution in [0.2, 0.25) is 0 Å². The molecule has 1 rings (SSSR count). The number of nitrogens with one attached hydrogen (secondary N) is 1. The van der Waals surface area contributed by atoms with E-state index >= 15 is 0 Å². The van der Waals surface area contributed by atoms with Gasteiger partial charge in [0.25, 0.3) is 0 Å². The van der Waals surface area contributed by atoms with E-state index in [1.807, 2.05) is 6.08 Å². The molecule has 0 aliphatic rings. The summed E-state index contributed by atoms with van der Waals surface area (Å²) in [5.74, 6) is 0. The van der Waals surface area contributed by atoms with E-state index in [0.717, 1.165) is 19.5 Å². The highest BCUT2D eigenvalue weighted by Gasteiger charge is 2.11. The standard InChI is InChI=1S/C15H24N2/c1-5-11-16-13(3)14-9-7-8-10-15(14)17(4)12-6-2/h6-10,13,16H,2,5,11-12H2,1,3-4H3. The first-order chi connectivity index (χ1) is 8.20. The average Bonchev–Trinajstić information content (AvgIpc) is 2.36. The third kappa shape index (κ3) is 3.90. The maximum absolute atomic E-state index is 3.79. The molecule has 1 aromatic carbocycles. The highest BCUT2D eigenvalue weighted by molar-refractivity contribution is 5.54. The first-order valence-corrected chi connectivity index (χ1v) is 6.35. The summed E-state index contributed by atoms with van der Waals surface area (Å²) in [4.78, 5) is 2.23. The Morgan fingerprint density at radius 1 is 1.41 bits per heavy atom. The van der Waals surface area contributed by atoms with Crippen LogP contribution in [0.4, 0.5) is 5.69 Å². The zero-order valence-corrected chi connectivity index (χ0v) is 11.2. The van der Waals surface area contributed by atoms with E-state index < -0.39 is 0 Å². The monoisotopic (exact) mass is 232 g/mol. The van der Waals surface area contributed by atoms with Crippen LogP contribution in [0.1, 0.15) is 31.9 Å². The lowest BCUT2D eigenvalue weighted by molar-refractivity contribution is 0.570. The SMILES string of the molecule is C=CCN(C)c1ccccc1C(C)NCCC. The zero-order valence-electron chi connectivity index (χ0n) is 11.2. The Morgan fingerprint density at radius 2 is 2.12 bits per heavy atom. The van der Waals surface area contributed by atoms with Crippen molar-refractivity contribution in [2.75, 3.05) is 25.0 Å². The van der Waals surface area contributed by atoms with Crippen LogP contribution < -0.4 is 10.2 Å². The van der Waals surface area contributed by atoms with Gasteiger partial charge in [-0.3, -0.25) is 0 Å². The molecule has 17 heavy (non-hydrogen) atoms. The van der Waals surface area contributed by atoms with E-state index in [4.69, 9.17) is 0 Å². The van der Waals surface area contributed by atoms with Gasteiger partial charge < -0.3 is 10.2 Å². The molecular formula is C15H24N2. The largest absolute Gasteiger partial charge is 0.371 e. The maximum atomic E-state index is 3.79. The first kappa shape index (κ1) is 13.8. The van der Waals surface area contributed by atoms with Crippen LogP contribution in [0, 0.1) is 0 Å². The molecule has 1 atom stereocenters. The Morgan fingerprint density at radius 3 is 2.76 bits per heavy atom. The summed E-state index contributed by atoms with van der Waals surface area (Å²) >= 11 is 0. The number of hydrogen-bond acceptors (Lipinski definition) is 2. The zero-order chi connectivity index (χ0) is 12.7. The molecule has 1 N–H and O–H groups in total. The van der Waals surface area contributed by atoms with Gasteiger partial charge in [0.05, 0.1) is 0 Å².